The summed E-state index contributed by atoms with van der Waals surface area (Å²) in [7, 11) is 1.85. The Morgan fingerprint density at radius 2 is 2.10 bits per heavy atom. The van der Waals surface area contributed by atoms with Crippen molar-refractivity contribution in [2.75, 3.05) is 37.0 Å². The zero-order valence-corrected chi connectivity index (χ0v) is 12.6. The molecule has 1 N–H and O–H groups in total. The van der Waals surface area contributed by atoms with Crippen molar-refractivity contribution in [1.29, 1.82) is 0 Å². The highest BCUT2D eigenvalue weighted by molar-refractivity contribution is 5.62. The van der Waals surface area contributed by atoms with Crippen LogP contribution in [0.1, 0.15) is 25.5 Å². The van der Waals surface area contributed by atoms with Crippen LogP contribution in [0.25, 0.3) is 0 Å². The SMILES string of the molecule is CCNc1nc(C)c([N+](=O)[O-])c(N(C)C2CCOCC2)n1. The second-order valence-electron chi connectivity index (χ2n) is 5.05. The summed E-state index contributed by atoms with van der Waals surface area (Å²) in [6, 6.07) is 0.196. The van der Waals surface area contributed by atoms with Crippen LogP contribution in [0.2, 0.25) is 0 Å². The first-order valence-corrected chi connectivity index (χ1v) is 7.12. The molecule has 1 aliphatic heterocycles. The number of aryl methyl sites for hydroxylation is 1. The molecule has 0 aromatic carbocycles. The Kier molecular flexibility index (Phi) is 4.89. The lowest BCUT2D eigenvalue weighted by Crippen LogP contribution is -2.37. The molecule has 8 nitrogen and oxygen atoms in total. The number of hydrogen-bond donors (Lipinski definition) is 1. The van der Waals surface area contributed by atoms with Gasteiger partial charge in [0.15, 0.2) is 0 Å². The Balaban J connectivity index is 2.40. The minimum Gasteiger partial charge on any atom is -0.381 e. The number of nitrogens with zero attached hydrogens (tertiary/aromatic N) is 4. The van der Waals surface area contributed by atoms with Gasteiger partial charge in [-0.15, -0.1) is 0 Å². The quantitative estimate of drug-likeness (QED) is 0.653. The molecule has 8 heteroatoms. The Labute approximate surface area is 123 Å². The molecule has 0 amide bonds. The fourth-order valence-corrected chi connectivity index (χ4v) is 2.49. The maximum absolute atomic E-state index is 11.4. The van der Waals surface area contributed by atoms with Crippen molar-refractivity contribution >= 4 is 17.5 Å². The Morgan fingerprint density at radius 1 is 1.43 bits per heavy atom. The number of hydrogen-bond acceptors (Lipinski definition) is 7. The molecular weight excluding hydrogens is 274 g/mol. The van der Waals surface area contributed by atoms with Crippen molar-refractivity contribution in [1.82, 2.24) is 9.97 Å². The molecule has 21 heavy (non-hydrogen) atoms. The molecule has 0 unspecified atom stereocenters. The highest BCUT2D eigenvalue weighted by Gasteiger charge is 2.29. The number of aromatic nitrogens is 2. The summed E-state index contributed by atoms with van der Waals surface area (Å²) in [5.41, 5.74) is 0.352. The van der Waals surface area contributed by atoms with E-state index in [4.69, 9.17) is 4.74 Å². The van der Waals surface area contributed by atoms with Gasteiger partial charge < -0.3 is 15.0 Å². The first kappa shape index (κ1) is 15.4. The molecule has 2 rings (SSSR count). The van der Waals surface area contributed by atoms with Crippen LogP contribution in [0, 0.1) is 17.0 Å². The molecule has 116 valence electrons. The van der Waals surface area contributed by atoms with Crippen LogP contribution >= 0.6 is 0 Å². The Bertz CT molecular complexity index is 517. The molecule has 0 saturated carbocycles. The summed E-state index contributed by atoms with van der Waals surface area (Å²) in [5, 5.41) is 14.4. The van der Waals surface area contributed by atoms with Gasteiger partial charge in [0.1, 0.15) is 5.69 Å². The van der Waals surface area contributed by atoms with E-state index < -0.39 is 4.92 Å². The summed E-state index contributed by atoms with van der Waals surface area (Å²) in [4.78, 5) is 21.3. The third kappa shape index (κ3) is 3.38. The summed E-state index contributed by atoms with van der Waals surface area (Å²) in [5.74, 6) is 0.796. The highest BCUT2D eigenvalue weighted by atomic mass is 16.6. The van der Waals surface area contributed by atoms with Crippen molar-refractivity contribution in [3.05, 3.63) is 15.8 Å². The maximum Gasteiger partial charge on any atom is 0.332 e. The lowest BCUT2D eigenvalue weighted by atomic mass is 10.1. The fraction of sp³-hybridized carbons (Fsp3) is 0.692. The van der Waals surface area contributed by atoms with Gasteiger partial charge in [-0.25, -0.2) is 4.98 Å². The van der Waals surface area contributed by atoms with E-state index in [9.17, 15) is 10.1 Å². The minimum absolute atomic E-state index is 0.0226. The molecule has 1 aromatic rings. The second-order valence-corrected chi connectivity index (χ2v) is 5.05. The number of nitrogens with one attached hydrogen (secondary N) is 1. The molecule has 1 saturated heterocycles. The van der Waals surface area contributed by atoms with E-state index >= 15 is 0 Å². The summed E-state index contributed by atoms with van der Waals surface area (Å²) >= 11 is 0. The number of rotatable bonds is 5. The first-order valence-electron chi connectivity index (χ1n) is 7.12. The van der Waals surface area contributed by atoms with Gasteiger partial charge in [0.05, 0.1) is 4.92 Å². The van der Waals surface area contributed by atoms with Gasteiger partial charge in [-0.3, -0.25) is 10.1 Å². The number of ether oxygens (including phenoxy) is 1. The average molecular weight is 295 g/mol. The summed E-state index contributed by atoms with van der Waals surface area (Å²) in [6.07, 6.45) is 1.68. The molecule has 1 fully saturated rings. The lowest BCUT2D eigenvalue weighted by Gasteiger charge is -2.31. The van der Waals surface area contributed by atoms with Gasteiger partial charge in [0, 0.05) is 32.8 Å². The van der Waals surface area contributed by atoms with E-state index in [0.29, 0.717) is 37.2 Å². The monoisotopic (exact) mass is 295 g/mol. The Morgan fingerprint density at radius 3 is 2.67 bits per heavy atom. The third-order valence-corrected chi connectivity index (χ3v) is 3.63. The van der Waals surface area contributed by atoms with Gasteiger partial charge >= 0.3 is 5.69 Å². The molecule has 0 radical (unpaired) electrons. The van der Waals surface area contributed by atoms with Crippen LogP contribution in [-0.4, -0.2) is 47.7 Å². The van der Waals surface area contributed by atoms with E-state index in [0.717, 1.165) is 12.8 Å². The highest BCUT2D eigenvalue weighted by Crippen LogP contribution is 2.31. The van der Waals surface area contributed by atoms with Crippen LogP contribution in [0.4, 0.5) is 17.5 Å². The van der Waals surface area contributed by atoms with Gasteiger partial charge in [0.25, 0.3) is 0 Å². The van der Waals surface area contributed by atoms with Crippen LogP contribution in [0.15, 0.2) is 0 Å². The smallest absolute Gasteiger partial charge is 0.332 e. The predicted octanol–water partition coefficient (Wildman–Crippen LogP) is 1.74. The minimum atomic E-state index is -0.407. The molecule has 0 aliphatic carbocycles. The van der Waals surface area contributed by atoms with Crippen molar-refractivity contribution < 1.29 is 9.66 Å². The normalized spacial score (nSPS) is 15.8. The molecule has 2 heterocycles. The van der Waals surface area contributed by atoms with E-state index in [2.05, 4.69) is 15.3 Å². The van der Waals surface area contributed by atoms with Crippen molar-refractivity contribution in [3.8, 4) is 0 Å². The van der Waals surface area contributed by atoms with Crippen molar-refractivity contribution in [3.63, 3.8) is 0 Å². The van der Waals surface area contributed by atoms with Gasteiger partial charge in [-0.1, -0.05) is 0 Å². The van der Waals surface area contributed by atoms with Crippen LogP contribution < -0.4 is 10.2 Å². The molecular formula is C13H21N5O3. The Hall–Kier alpha value is -1.96. The number of nitro groups is 1. The molecule has 1 aromatic heterocycles. The van der Waals surface area contributed by atoms with Gasteiger partial charge in [0.2, 0.25) is 11.8 Å². The van der Waals surface area contributed by atoms with Crippen molar-refractivity contribution in [2.45, 2.75) is 32.7 Å². The fourth-order valence-electron chi connectivity index (χ4n) is 2.49. The topological polar surface area (TPSA) is 93.4 Å². The summed E-state index contributed by atoms with van der Waals surface area (Å²) in [6.45, 7) is 5.58. The zero-order chi connectivity index (χ0) is 15.4. The third-order valence-electron chi connectivity index (χ3n) is 3.63. The van der Waals surface area contributed by atoms with E-state index in [-0.39, 0.29) is 11.7 Å². The van der Waals surface area contributed by atoms with E-state index in [1.807, 2.05) is 18.9 Å². The van der Waals surface area contributed by atoms with E-state index in [1.54, 1.807) is 6.92 Å². The number of anilines is 2. The van der Waals surface area contributed by atoms with Crippen LogP contribution in [0.5, 0.6) is 0 Å². The molecule has 1 aliphatic rings. The average Bonchev–Trinajstić information content (AvgIpc) is 2.46. The maximum atomic E-state index is 11.4. The second kappa shape index (κ2) is 6.66. The van der Waals surface area contributed by atoms with Gasteiger partial charge in [-0.2, -0.15) is 4.98 Å². The van der Waals surface area contributed by atoms with Gasteiger partial charge in [-0.05, 0) is 26.7 Å². The summed E-state index contributed by atoms with van der Waals surface area (Å²) < 4.78 is 5.34. The van der Waals surface area contributed by atoms with E-state index in [1.165, 1.54) is 0 Å². The molecule has 0 atom stereocenters. The standard InChI is InChI=1S/C13H21N5O3/c1-4-14-13-15-9(2)11(18(19)20)12(16-13)17(3)10-5-7-21-8-6-10/h10H,4-8H2,1-3H3,(H,14,15,16). The van der Waals surface area contributed by atoms with Crippen LogP contribution in [-0.2, 0) is 4.74 Å². The largest absolute Gasteiger partial charge is 0.381 e. The van der Waals surface area contributed by atoms with Crippen molar-refractivity contribution in [2.24, 2.45) is 0 Å². The zero-order valence-electron chi connectivity index (χ0n) is 12.6. The first-order chi connectivity index (χ1) is 10.0. The lowest BCUT2D eigenvalue weighted by molar-refractivity contribution is -0.385. The molecule has 0 spiro atoms. The van der Waals surface area contributed by atoms with Crippen LogP contribution in [0.3, 0.4) is 0 Å². The predicted molar refractivity (Wildman–Crippen MR) is 79.8 cm³/mol. The molecule has 0 bridgehead atoms.